The van der Waals surface area contributed by atoms with E-state index in [0.29, 0.717) is 18.0 Å². The molecule has 106 valence electrons. The quantitative estimate of drug-likeness (QED) is 0.785. The van der Waals surface area contributed by atoms with E-state index in [2.05, 4.69) is 17.6 Å². The lowest BCUT2D eigenvalue weighted by Gasteiger charge is -2.15. The van der Waals surface area contributed by atoms with Gasteiger partial charge in [-0.15, -0.1) is 0 Å². The maximum Gasteiger partial charge on any atom is 0.257 e. The highest BCUT2D eigenvalue weighted by Gasteiger charge is 2.10. The molecule has 19 heavy (non-hydrogen) atoms. The second kappa shape index (κ2) is 7.63. The molecule has 0 radical (unpaired) electrons. The third-order valence-corrected chi connectivity index (χ3v) is 2.85. The molecule has 0 fully saturated rings. The number of rotatable bonds is 7. The minimum atomic E-state index is -0.141. The fraction of sp³-hybridized carbons (Fsp3) is 0.500. The van der Waals surface area contributed by atoms with E-state index in [4.69, 9.17) is 9.47 Å². The Hall–Kier alpha value is -1.75. The number of likely N-dealkylation sites (N-methyl/N-ethyl adjacent to an activating group) is 1. The first-order chi connectivity index (χ1) is 9.12. The fourth-order valence-electron chi connectivity index (χ4n) is 1.63. The van der Waals surface area contributed by atoms with E-state index in [0.717, 1.165) is 5.56 Å². The number of ether oxygens (including phenoxy) is 2. The number of amides is 1. The third-order valence-electron chi connectivity index (χ3n) is 2.85. The zero-order valence-corrected chi connectivity index (χ0v) is 11.9. The highest BCUT2D eigenvalue weighted by atomic mass is 16.5. The van der Waals surface area contributed by atoms with Gasteiger partial charge >= 0.3 is 0 Å². The standard InChI is InChI=1S/C14H22N2O3/c1-5-16-14(17)9-19-12-7-6-11(10(2)15-3)8-13(12)18-4/h6-8,10,15H,5,9H2,1-4H3,(H,16,17). The van der Waals surface area contributed by atoms with E-state index in [-0.39, 0.29) is 18.6 Å². The summed E-state index contributed by atoms with van der Waals surface area (Å²) in [7, 11) is 3.48. The molecule has 1 unspecified atom stereocenters. The van der Waals surface area contributed by atoms with Crippen LogP contribution in [0.1, 0.15) is 25.5 Å². The lowest BCUT2D eigenvalue weighted by molar-refractivity contribution is -0.123. The van der Waals surface area contributed by atoms with Gasteiger partial charge in [-0.1, -0.05) is 6.07 Å². The summed E-state index contributed by atoms with van der Waals surface area (Å²) in [6, 6.07) is 5.91. The summed E-state index contributed by atoms with van der Waals surface area (Å²) in [6.07, 6.45) is 0. The normalized spacial score (nSPS) is 11.8. The number of carbonyl (C=O) groups is 1. The van der Waals surface area contributed by atoms with Crippen LogP contribution >= 0.6 is 0 Å². The largest absolute Gasteiger partial charge is 0.493 e. The molecule has 0 saturated heterocycles. The van der Waals surface area contributed by atoms with Crippen LogP contribution in [0.5, 0.6) is 11.5 Å². The van der Waals surface area contributed by atoms with Crippen molar-refractivity contribution in [1.29, 1.82) is 0 Å². The molecule has 0 saturated carbocycles. The Morgan fingerprint density at radius 2 is 2.11 bits per heavy atom. The van der Waals surface area contributed by atoms with Crippen molar-refractivity contribution in [3.8, 4) is 11.5 Å². The third kappa shape index (κ3) is 4.44. The molecule has 5 heteroatoms. The monoisotopic (exact) mass is 266 g/mol. The number of hydrogen-bond acceptors (Lipinski definition) is 4. The van der Waals surface area contributed by atoms with Crippen LogP contribution in [0.25, 0.3) is 0 Å². The summed E-state index contributed by atoms with van der Waals surface area (Å²) in [5.74, 6) is 1.06. The van der Waals surface area contributed by atoms with E-state index in [9.17, 15) is 4.79 Å². The summed E-state index contributed by atoms with van der Waals surface area (Å²) >= 11 is 0. The van der Waals surface area contributed by atoms with Crippen molar-refractivity contribution in [3.63, 3.8) is 0 Å². The highest BCUT2D eigenvalue weighted by molar-refractivity contribution is 5.77. The Kier molecular flexibility index (Phi) is 6.15. The number of nitrogens with one attached hydrogen (secondary N) is 2. The molecule has 0 bridgehead atoms. The summed E-state index contributed by atoms with van der Waals surface area (Å²) < 4.78 is 10.7. The Labute approximate surface area is 114 Å². The number of methoxy groups -OCH3 is 1. The van der Waals surface area contributed by atoms with Crippen molar-refractivity contribution in [2.75, 3.05) is 27.3 Å². The summed E-state index contributed by atoms with van der Waals surface area (Å²) in [5, 5.41) is 5.84. The molecule has 0 heterocycles. The van der Waals surface area contributed by atoms with Crippen LogP contribution in [-0.4, -0.2) is 33.2 Å². The van der Waals surface area contributed by atoms with Gasteiger partial charge in [0.05, 0.1) is 7.11 Å². The SMILES string of the molecule is CCNC(=O)COc1ccc(C(C)NC)cc1OC. The lowest BCUT2D eigenvalue weighted by atomic mass is 10.1. The average molecular weight is 266 g/mol. The molecule has 0 spiro atoms. The van der Waals surface area contributed by atoms with Crippen molar-refractivity contribution >= 4 is 5.91 Å². The molecular formula is C14H22N2O3. The Bertz CT molecular complexity index is 421. The second-order valence-corrected chi connectivity index (χ2v) is 4.16. The van der Waals surface area contributed by atoms with Crippen LogP contribution < -0.4 is 20.1 Å². The predicted octanol–water partition coefficient (Wildman–Crippen LogP) is 1.49. The van der Waals surface area contributed by atoms with Gasteiger partial charge in [0.25, 0.3) is 5.91 Å². The van der Waals surface area contributed by atoms with Gasteiger partial charge in [-0.2, -0.15) is 0 Å². The molecule has 1 aromatic rings. The van der Waals surface area contributed by atoms with E-state index in [1.807, 2.05) is 32.2 Å². The fourth-order valence-corrected chi connectivity index (χ4v) is 1.63. The second-order valence-electron chi connectivity index (χ2n) is 4.16. The molecule has 2 N–H and O–H groups in total. The number of carbonyl (C=O) groups excluding carboxylic acids is 1. The van der Waals surface area contributed by atoms with Crippen molar-refractivity contribution in [3.05, 3.63) is 23.8 Å². The molecule has 0 aliphatic rings. The molecule has 0 aromatic heterocycles. The zero-order valence-electron chi connectivity index (χ0n) is 11.9. The van der Waals surface area contributed by atoms with Crippen molar-refractivity contribution in [2.24, 2.45) is 0 Å². The van der Waals surface area contributed by atoms with Crippen LogP contribution in [0, 0.1) is 0 Å². The summed E-state index contributed by atoms with van der Waals surface area (Å²) in [6.45, 7) is 4.51. The molecule has 0 aliphatic heterocycles. The van der Waals surface area contributed by atoms with E-state index in [1.165, 1.54) is 0 Å². The maximum atomic E-state index is 11.4. The average Bonchev–Trinajstić information content (AvgIpc) is 2.44. The first kappa shape index (κ1) is 15.3. The molecule has 1 atom stereocenters. The van der Waals surface area contributed by atoms with Crippen LogP contribution in [0.4, 0.5) is 0 Å². The van der Waals surface area contributed by atoms with Gasteiger partial charge in [0.1, 0.15) is 0 Å². The molecule has 5 nitrogen and oxygen atoms in total. The minimum Gasteiger partial charge on any atom is -0.493 e. The van der Waals surface area contributed by atoms with Crippen LogP contribution in [0.15, 0.2) is 18.2 Å². The van der Waals surface area contributed by atoms with Gasteiger partial charge in [0, 0.05) is 12.6 Å². The van der Waals surface area contributed by atoms with E-state index in [1.54, 1.807) is 7.11 Å². The van der Waals surface area contributed by atoms with Gasteiger partial charge in [-0.25, -0.2) is 0 Å². The number of hydrogen-bond donors (Lipinski definition) is 2. The topological polar surface area (TPSA) is 59.6 Å². The predicted molar refractivity (Wildman–Crippen MR) is 74.6 cm³/mol. The smallest absolute Gasteiger partial charge is 0.257 e. The maximum absolute atomic E-state index is 11.4. The molecule has 1 amide bonds. The zero-order chi connectivity index (χ0) is 14.3. The van der Waals surface area contributed by atoms with Gasteiger partial charge in [0.15, 0.2) is 18.1 Å². The van der Waals surface area contributed by atoms with Crippen LogP contribution in [0.2, 0.25) is 0 Å². The van der Waals surface area contributed by atoms with Crippen LogP contribution in [0.3, 0.4) is 0 Å². The van der Waals surface area contributed by atoms with E-state index < -0.39 is 0 Å². The summed E-state index contributed by atoms with van der Waals surface area (Å²) in [4.78, 5) is 11.4. The van der Waals surface area contributed by atoms with Gasteiger partial charge in [-0.3, -0.25) is 4.79 Å². The Morgan fingerprint density at radius 3 is 2.68 bits per heavy atom. The molecule has 1 aromatic carbocycles. The van der Waals surface area contributed by atoms with Crippen LogP contribution in [-0.2, 0) is 4.79 Å². The lowest BCUT2D eigenvalue weighted by Crippen LogP contribution is -2.28. The van der Waals surface area contributed by atoms with Crippen molar-refractivity contribution in [2.45, 2.75) is 19.9 Å². The molecule has 0 aliphatic carbocycles. The van der Waals surface area contributed by atoms with Gasteiger partial charge < -0.3 is 20.1 Å². The van der Waals surface area contributed by atoms with Gasteiger partial charge in [0.2, 0.25) is 0 Å². The van der Waals surface area contributed by atoms with Crippen molar-refractivity contribution in [1.82, 2.24) is 10.6 Å². The summed E-state index contributed by atoms with van der Waals surface area (Å²) in [5.41, 5.74) is 1.10. The highest BCUT2D eigenvalue weighted by Crippen LogP contribution is 2.30. The van der Waals surface area contributed by atoms with Crippen molar-refractivity contribution < 1.29 is 14.3 Å². The Morgan fingerprint density at radius 1 is 1.37 bits per heavy atom. The first-order valence-corrected chi connectivity index (χ1v) is 6.37. The molecule has 1 rings (SSSR count). The minimum absolute atomic E-state index is 0.00880. The van der Waals surface area contributed by atoms with Gasteiger partial charge in [-0.05, 0) is 38.6 Å². The van der Waals surface area contributed by atoms with E-state index >= 15 is 0 Å². The molecular weight excluding hydrogens is 244 g/mol. The first-order valence-electron chi connectivity index (χ1n) is 6.37. The Balaban J connectivity index is 2.76. The number of benzene rings is 1.